The van der Waals surface area contributed by atoms with E-state index in [-0.39, 0.29) is 22.3 Å². The van der Waals surface area contributed by atoms with Crippen LogP contribution in [0.3, 0.4) is 0 Å². The first-order valence-electron chi connectivity index (χ1n) is 10.7. The van der Waals surface area contributed by atoms with E-state index in [1.165, 1.54) is 27.6 Å². The second kappa shape index (κ2) is 11.0. The normalized spacial score (nSPS) is 17.8. The van der Waals surface area contributed by atoms with Crippen LogP contribution in [0.4, 0.5) is 0 Å². The number of ether oxygens (including phenoxy) is 2. The van der Waals surface area contributed by atoms with Crippen molar-refractivity contribution in [3.8, 4) is 11.5 Å². The lowest BCUT2D eigenvalue weighted by Crippen LogP contribution is -2.42. The summed E-state index contributed by atoms with van der Waals surface area (Å²) in [7, 11) is -0.333. The number of nitrogens with zero attached hydrogens (tertiary/aromatic N) is 2. The van der Waals surface area contributed by atoms with E-state index < -0.39 is 10.0 Å². The number of rotatable bonds is 6. The molecule has 33 heavy (non-hydrogen) atoms. The Labute approximate surface area is 212 Å². The van der Waals surface area contributed by atoms with Crippen LogP contribution in [0.2, 0.25) is 10.0 Å². The van der Waals surface area contributed by atoms with Crippen LogP contribution in [0.5, 0.6) is 11.5 Å². The van der Waals surface area contributed by atoms with Crippen molar-refractivity contribution in [3.05, 3.63) is 51.5 Å². The molecule has 0 N–H and O–H groups in total. The molecular formula is C23H29Cl3N2O4S. The van der Waals surface area contributed by atoms with Gasteiger partial charge in [0, 0.05) is 37.7 Å². The minimum Gasteiger partial charge on any atom is -0.493 e. The number of halogens is 3. The van der Waals surface area contributed by atoms with Crippen LogP contribution >= 0.6 is 35.6 Å². The third kappa shape index (κ3) is 5.72. The average molecular weight is 536 g/mol. The number of methoxy groups -OCH3 is 2. The second-order valence-corrected chi connectivity index (χ2v) is 11.1. The molecule has 2 aromatic carbocycles. The topological polar surface area (TPSA) is 59.1 Å². The molecule has 0 bridgehead atoms. The Morgan fingerprint density at radius 1 is 0.970 bits per heavy atom. The fourth-order valence-corrected chi connectivity index (χ4v) is 6.82. The summed E-state index contributed by atoms with van der Waals surface area (Å²) in [5, 5.41) is 0.568. The molecule has 2 aliphatic heterocycles. The molecule has 0 aromatic heterocycles. The Hall–Kier alpha value is -1.22. The Kier molecular flexibility index (Phi) is 8.81. The van der Waals surface area contributed by atoms with Gasteiger partial charge >= 0.3 is 0 Å². The van der Waals surface area contributed by atoms with Crippen LogP contribution in [0.1, 0.15) is 24.0 Å². The molecule has 10 heteroatoms. The largest absolute Gasteiger partial charge is 0.493 e. The summed E-state index contributed by atoms with van der Waals surface area (Å²) in [5.74, 6) is 1.98. The minimum atomic E-state index is -3.65. The van der Waals surface area contributed by atoms with Crippen molar-refractivity contribution in [1.29, 1.82) is 0 Å². The van der Waals surface area contributed by atoms with E-state index in [0.717, 1.165) is 50.4 Å². The van der Waals surface area contributed by atoms with Crippen molar-refractivity contribution in [1.82, 2.24) is 9.21 Å². The van der Waals surface area contributed by atoms with Gasteiger partial charge in [-0.1, -0.05) is 23.2 Å². The van der Waals surface area contributed by atoms with Gasteiger partial charge in [-0.15, -0.1) is 12.4 Å². The van der Waals surface area contributed by atoms with Crippen LogP contribution in [0.15, 0.2) is 35.2 Å². The van der Waals surface area contributed by atoms with E-state index in [4.69, 9.17) is 32.7 Å². The fraction of sp³-hybridized carbons (Fsp3) is 0.478. The standard InChI is InChI=1S/C23H28Cl2N2O4S.ClH/c1-30-21-11-17-7-8-26(15-18(17)12-22(21)31-2)14-16-5-9-27(10-6-16)32(28,29)23-13-19(24)3-4-20(23)25;/h3-4,11-13,16H,5-10,14-15H2,1-2H3;1H. The summed E-state index contributed by atoms with van der Waals surface area (Å²) >= 11 is 12.2. The third-order valence-corrected chi connectivity index (χ3v) is 9.01. The molecule has 0 atom stereocenters. The molecule has 0 amide bonds. The molecule has 1 saturated heterocycles. The summed E-state index contributed by atoms with van der Waals surface area (Å²) < 4.78 is 38.5. The molecule has 0 radical (unpaired) electrons. The van der Waals surface area contributed by atoms with Crippen molar-refractivity contribution < 1.29 is 17.9 Å². The summed E-state index contributed by atoms with van der Waals surface area (Å²) in [6, 6.07) is 8.71. The van der Waals surface area contributed by atoms with E-state index in [0.29, 0.717) is 24.0 Å². The zero-order valence-electron chi connectivity index (χ0n) is 18.7. The van der Waals surface area contributed by atoms with Gasteiger partial charge in [-0.2, -0.15) is 4.31 Å². The monoisotopic (exact) mass is 534 g/mol. The Morgan fingerprint density at radius 3 is 2.24 bits per heavy atom. The van der Waals surface area contributed by atoms with Crippen LogP contribution in [0, 0.1) is 5.92 Å². The predicted molar refractivity (Wildman–Crippen MR) is 134 cm³/mol. The molecule has 2 aromatic rings. The lowest BCUT2D eigenvalue weighted by molar-refractivity contribution is 0.171. The molecule has 1 fully saturated rings. The van der Waals surface area contributed by atoms with Crippen LogP contribution < -0.4 is 9.47 Å². The molecular weight excluding hydrogens is 507 g/mol. The molecule has 2 aliphatic rings. The molecule has 6 nitrogen and oxygen atoms in total. The van der Waals surface area contributed by atoms with E-state index >= 15 is 0 Å². The maximum absolute atomic E-state index is 13.1. The van der Waals surface area contributed by atoms with Gasteiger partial charge in [0.1, 0.15) is 4.90 Å². The summed E-state index contributed by atoms with van der Waals surface area (Å²) in [5.41, 5.74) is 2.57. The molecule has 2 heterocycles. The molecule has 0 unspecified atom stereocenters. The van der Waals surface area contributed by atoms with Gasteiger partial charge in [-0.25, -0.2) is 8.42 Å². The number of piperidine rings is 1. The van der Waals surface area contributed by atoms with E-state index in [1.54, 1.807) is 20.3 Å². The van der Waals surface area contributed by atoms with Crippen LogP contribution in [0.25, 0.3) is 0 Å². The van der Waals surface area contributed by atoms with Gasteiger partial charge in [0.05, 0.1) is 19.2 Å². The highest BCUT2D eigenvalue weighted by atomic mass is 35.5. The summed E-state index contributed by atoms with van der Waals surface area (Å²) in [4.78, 5) is 2.54. The number of hydrogen-bond donors (Lipinski definition) is 0. The maximum atomic E-state index is 13.1. The SMILES string of the molecule is COc1cc2c(cc1OC)CN(CC1CCN(S(=O)(=O)c3cc(Cl)ccc3Cl)CC1)CC2.Cl. The number of hydrogen-bond acceptors (Lipinski definition) is 5. The number of benzene rings is 2. The zero-order valence-corrected chi connectivity index (χ0v) is 21.9. The van der Waals surface area contributed by atoms with Crippen LogP contribution in [-0.4, -0.2) is 58.0 Å². The van der Waals surface area contributed by atoms with E-state index in [1.807, 2.05) is 0 Å². The number of fused-ring (bicyclic) bond motifs is 1. The number of sulfonamides is 1. The van der Waals surface area contributed by atoms with Gasteiger partial charge in [-0.05, 0) is 66.6 Å². The predicted octanol–water partition coefficient (Wildman–Crippen LogP) is 4.89. The summed E-state index contributed by atoms with van der Waals surface area (Å²) in [6.45, 7) is 3.79. The maximum Gasteiger partial charge on any atom is 0.244 e. The highest BCUT2D eigenvalue weighted by molar-refractivity contribution is 7.89. The van der Waals surface area contributed by atoms with Crippen molar-refractivity contribution in [3.63, 3.8) is 0 Å². The van der Waals surface area contributed by atoms with Gasteiger partial charge in [0.25, 0.3) is 0 Å². The second-order valence-electron chi connectivity index (χ2n) is 8.38. The van der Waals surface area contributed by atoms with Crippen molar-refractivity contribution >= 4 is 45.6 Å². The van der Waals surface area contributed by atoms with Gasteiger partial charge in [0.2, 0.25) is 10.0 Å². The van der Waals surface area contributed by atoms with Crippen LogP contribution in [-0.2, 0) is 23.0 Å². The zero-order chi connectivity index (χ0) is 22.9. The summed E-state index contributed by atoms with van der Waals surface area (Å²) in [6.07, 6.45) is 2.62. The Bertz CT molecular complexity index is 1090. The molecule has 4 rings (SSSR count). The van der Waals surface area contributed by atoms with Gasteiger partial charge in [-0.3, -0.25) is 4.90 Å². The van der Waals surface area contributed by atoms with E-state index in [9.17, 15) is 8.42 Å². The Morgan fingerprint density at radius 2 is 1.61 bits per heavy atom. The first kappa shape index (κ1) is 26.4. The van der Waals surface area contributed by atoms with Crippen molar-refractivity contribution in [2.24, 2.45) is 5.92 Å². The third-order valence-electron chi connectivity index (χ3n) is 6.40. The first-order valence-corrected chi connectivity index (χ1v) is 12.9. The fourth-order valence-electron chi connectivity index (χ4n) is 4.61. The van der Waals surface area contributed by atoms with E-state index in [2.05, 4.69) is 17.0 Å². The smallest absolute Gasteiger partial charge is 0.244 e. The quantitative estimate of drug-likeness (QED) is 0.527. The van der Waals surface area contributed by atoms with Gasteiger partial charge < -0.3 is 9.47 Å². The van der Waals surface area contributed by atoms with Crippen molar-refractivity contribution in [2.45, 2.75) is 30.7 Å². The van der Waals surface area contributed by atoms with Gasteiger partial charge in [0.15, 0.2) is 11.5 Å². The lowest BCUT2D eigenvalue weighted by atomic mass is 9.94. The lowest BCUT2D eigenvalue weighted by Gasteiger charge is -2.36. The molecule has 0 aliphatic carbocycles. The highest BCUT2D eigenvalue weighted by Crippen LogP contribution is 2.34. The highest BCUT2D eigenvalue weighted by Gasteiger charge is 2.32. The molecule has 0 saturated carbocycles. The first-order chi connectivity index (χ1) is 15.3. The minimum absolute atomic E-state index is 0. The van der Waals surface area contributed by atoms with Crippen molar-refractivity contribution in [2.75, 3.05) is 40.4 Å². The molecule has 182 valence electrons. The molecule has 0 spiro atoms. The Balaban J connectivity index is 0.00000306. The average Bonchev–Trinajstić information content (AvgIpc) is 2.80.